The fourth-order valence-corrected chi connectivity index (χ4v) is 3.83. The molecule has 3 aromatic rings. The first-order chi connectivity index (χ1) is 15.1. The molecule has 0 fully saturated rings. The number of nitrogens with one attached hydrogen (secondary N) is 1. The minimum atomic E-state index is -0.144. The van der Waals surface area contributed by atoms with Gasteiger partial charge in [-0.15, -0.1) is 0 Å². The highest BCUT2D eigenvalue weighted by atomic mass is 16.5. The monoisotopic (exact) mass is 413 g/mol. The fourth-order valence-electron chi connectivity index (χ4n) is 3.83. The van der Waals surface area contributed by atoms with Gasteiger partial charge in [-0.3, -0.25) is 4.79 Å². The van der Waals surface area contributed by atoms with Gasteiger partial charge in [0.1, 0.15) is 5.75 Å². The highest BCUT2D eigenvalue weighted by molar-refractivity contribution is 6.03. The number of ether oxygens (including phenoxy) is 1. The zero-order valence-electron chi connectivity index (χ0n) is 18.1. The molecule has 0 radical (unpaired) electrons. The molecule has 5 heteroatoms. The smallest absolute Gasteiger partial charge is 0.262 e. The number of carbonyl (C=O) groups excluding carboxylic acids is 1. The van der Waals surface area contributed by atoms with E-state index in [4.69, 9.17) is 9.84 Å². The van der Waals surface area contributed by atoms with E-state index in [1.54, 1.807) is 12.1 Å². The van der Waals surface area contributed by atoms with E-state index in [2.05, 4.69) is 25.2 Å². The van der Waals surface area contributed by atoms with Crippen LogP contribution >= 0.6 is 0 Å². The molecule has 4 rings (SSSR count). The molecule has 0 bridgehead atoms. The van der Waals surface area contributed by atoms with E-state index >= 15 is 0 Å². The molecule has 0 unspecified atom stereocenters. The van der Waals surface area contributed by atoms with E-state index < -0.39 is 0 Å². The molecule has 1 heterocycles. The minimum Gasteiger partial charge on any atom is -0.497 e. The van der Waals surface area contributed by atoms with Crippen LogP contribution in [0.4, 0.5) is 5.69 Å². The van der Waals surface area contributed by atoms with E-state index in [0.717, 1.165) is 33.8 Å². The Morgan fingerprint density at radius 2 is 1.77 bits per heavy atom. The van der Waals surface area contributed by atoms with Crippen LogP contribution in [0.5, 0.6) is 5.75 Å². The maximum Gasteiger partial charge on any atom is 0.262 e. The van der Waals surface area contributed by atoms with Gasteiger partial charge in [0, 0.05) is 12.1 Å². The second-order valence-electron chi connectivity index (χ2n) is 7.75. The lowest BCUT2D eigenvalue weighted by Crippen LogP contribution is -2.32. The molecule has 0 spiro atoms. The summed E-state index contributed by atoms with van der Waals surface area (Å²) in [5.74, 6) is 0.730. The number of amides is 1. The van der Waals surface area contributed by atoms with Crippen molar-refractivity contribution in [2.75, 3.05) is 19.0 Å². The van der Waals surface area contributed by atoms with E-state index in [0.29, 0.717) is 6.42 Å². The van der Waals surface area contributed by atoms with Gasteiger partial charge < -0.3 is 10.1 Å². The summed E-state index contributed by atoms with van der Waals surface area (Å²) in [6.45, 7) is 4.31. The van der Waals surface area contributed by atoms with Gasteiger partial charge in [-0.2, -0.15) is 5.10 Å². The van der Waals surface area contributed by atoms with Gasteiger partial charge in [-0.25, -0.2) is 5.01 Å². The van der Waals surface area contributed by atoms with Crippen molar-refractivity contribution in [2.24, 2.45) is 5.10 Å². The normalized spacial score (nSPS) is 15.5. The van der Waals surface area contributed by atoms with Gasteiger partial charge >= 0.3 is 0 Å². The third kappa shape index (κ3) is 4.45. The third-order valence-electron chi connectivity index (χ3n) is 5.81. The molecule has 0 aromatic heterocycles. The van der Waals surface area contributed by atoms with Crippen molar-refractivity contribution in [1.82, 2.24) is 5.01 Å². The maximum absolute atomic E-state index is 13.2. The highest BCUT2D eigenvalue weighted by Gasteiger charge is 2.32. The largest absolute Gasteiger partial charge is 0.497 e. The lowest BCUT2D eigenvalue weighted by molar-refractivity contribution is -0.131. The van der Waals surface area contributed by atoms with Gasteiger partial charge in [-0.1, -0.05) is 54.6 Å². The Bertz CT molecular complexity index is 1090. The lowest BCUT2D eigenvalue weighted by atomic mass is 9.98. The number of hydrazone groups is 1. The molecule has 1 N–H and O–H groups in total. The second-order valence-corrected chi connectivity index (χ2v) is 7.75. The van der Waals surface area contributed by atoms with Crippen LogP contribution in [0, 0.1) is 13.8 Å². The first kappa shape index (κ1) is 20.7. The molecule has 1 aliphatic heterocycles. The first-order valence-corrected chi connectivity index (χ1v) is 10.5. The summed E-state index contributed by atoms with van der Waals surface area (Å²) < 4.78 is 5.29. The van der Waals surface area contributed by atoms with Crippen LogP contribution < -0.4 is 10.1 Å². The van der Waals surface area contributed by atoms with E-state index in [1.165, 1.54) is 5.56 Å². The Morgan fingerprint density at radius 1 is 1.03 bits per heavy atom. The van der Waals surface area contributed by atoms with Gasteiger partial charge in [-0.05, 0) is 54.3 Å². The molecular formula is C26H27N3O2. The van der Waals surface area contributed by atoms with Crippen LogP contribution in [0.25, 0.3) is 0 Å². The SMILES string of the molecule is COc1ccc([C@H]2CC(c3ccccc3)=NN2C(=O)CNc2cccc(C)c2C)cc1. The van der Waals surface area contributed by atoms with Crippen LogP contribution in [0.3, 0.4) is 0 Å². The Hall–Kier alpha value is -3.60. The lowest BCUT2D eigenvalue weighted by Gasteiger charge is -2.23. The molecule has 0 aliphatic carbocycles. The van der Waals surface area contributed by atoms with E-state index in [1.807, 2.05) is 66.7 Å². The van der Waals surface area contributed by atoms with Crippen molar-refractivity contribution >= 4 is 17.3 Å². The number of methoxy groups -OCH3 is 1. The molecule has 1 aliphatic rings. The predicted octanol–water partition coefficient (Wildman–Crippen LogP) is 5.10. The average molecular weight is 414 g/mol. The predicted molar refractivity (Wildman–Crippen MR) is 125 cm³/mol. The number of aryl methyl sites for hydroxylation is 1. The topological polar surface area (TPSA) is 53.9 Å². The van der Waals surface area contributed by atoms with Gasteiger partial charge in [0.05, 0.1) is 25.4 Å². The Morgan fingerprint density at radius 3 is 2.48 bits per heavy atom. The van der Waals surface area contributed by atoms with Crippen molar-refractivity contribution in [3.05, 3.63) is 95.1 Å². The number of nitrogens with zero attached hydrogens (tertiary/aromatic N) is 2. The zero-order chi connectivity index (χ0) is 21.8. The summed E-state index contributed by atoms with van der Waals surface area (Å²) in [7, 11) is 1.65. The number of rotatable bonds is 6. The number of hydrogen-bond acceptors (Lipinski definition) is 4. The molecule has 3 aromatic carbocycles. The second kappa shape index (κ2) is 9.04. The molecular weight excluding hydrogens is 386 g/mol. The summed E-state index contributed by atoms with van der Waals surface area (Å²) in [5.41, 5.74) is 6.31. The third-order valence-corrected chi connectivity index (χ3v) is 5.81. The molecule has 158 valence electrons. The molecule has 0 saturated carbocycles. The van der Waals surface area contributed by atoms with Crippen molar-refractivity contribution in [1.29, 1.82) is 0 Å². The molecule has 0 saturated heterocycles. The number of benzene rings is 3. The van der Waals surface area contributed by atoms with Crippen LogP contribution in [0.2, 0.25) is 0 Å². The molecule has 5 nitrogen and oxygen atoms in total. The van der Waals surface area contributed by atoms with Gasteiger partial charge in [0.15, 0.2) is 0 Å². The molecule has 1 amide bonds. The summed E-state index contributed by atoms with van der Waals surface area (Å²) in [5, 5.41) is 9.66. The van der Waals surface area contributed by atoms with Crippen molar-refractivity contribution in [3.8, 4) is 5.75 Å². The minimum absolute atomic E-state index is 0.0624. The Labute approximate surface area is 183 Å². The standard InChI is InChI=1S/C26H27N3O2/c1-18-8-7-11-23(19(18)2)27-17-26(30)29-25(21-12-14-22(31-3)15-13-21)16-24(28-29)20-9-5-4-6-10-20/h4-15,25,27H,16-17H2,1-3H3/t25-/m1/s1. The number of anilines is 1. The summed E-state index contributed by atoms with van der Waals surface area (Å²) in [6.07, 6.45) is 0.672. The summed E-state index contributed by atoms with van der Waals surface area (Å²) in [6, 6.07) is 23.8. The van der Waals surface area contributed by atoms with Crippen LogP contribution in [-0.2, 0) is 4.79 Å². The van der Waals surface area contributed by atoms with Crippen molar-refractivity contribution in [2.45, 2.75) is 26.3 Å². The van der Waals surface area contributed by atoms with Gasteiger partial charge in [0.25, 0.3) is 5.91 Å². The number of carbonyl (C=O) groups is 1. The highest BCUT2D eigenvalue weighted by Crippen LogP contribution is 2.33. The van der Waals surface area contributed by atoms with Crippen molar-refractivity contribution in [3.63, 3.8) is 0 Å². The quantitative estimate of drug-likeness (QED) is 0.612. The van der Waals surface area contributed by atoms with Crippen LogP contribution in [0.1, 0.15) is 34.7 Å². The van der Waals surface area contributed by atoms with Gasteiger partial charge in [0.2, 0.25) is 0 Å². The van der Waals surface area contributed by atoms with Crippen LogP contribution in [0.15, 0.2) is 77.9 Å². The Kier molecular flexibility index (Phi) is 6.03. The van der Waals surface area contributed by atoms with E-state index in [9.17, 15) is 4.79 Å². The fraction of sp³-hybridized carbons (Fsp3) is 0.231. The van der Waals surface area contributed by atoms with E-state index in [-0.39, 0.29) is 18.5 Å². The molecule has 31 heavy (non-hydrogen) atoms. The first-order valence-electron chi connectivity index (χ1n) is 10.5. The Balaban J connectivity index is 1.58. The molecule has 1 atom stereocenters. The summed E-state index contributed by atoms with van der Waals surface area (Å²) in [4.78, 5) is 13.2. The maximum atomic E-state index is 13.2. The number of hydrogen-bond donors (Lipinski definition) is 1. The van der Waals surface area contributed by atoms with Crippen molar-refractivity contribution < 1.29 is 9.53 Å². The zero-order valence-corrected chi connectivity index (χ0v) is 18.1. The average Bonchev–Trinajstić information content (AvgIpc) is 3.26. The summed E-state index contributed by atoms with van der Waals surface area (Å²) >= 11 is 0. The van der Waals surface area contributed by atoms with Crippen LogP contribution in [-0.4, -0.2) is 30.3 Å².